The summed E-state index contributed by atoms with van der Waals surface area (Å²) >= 11 is 5.61. The summed E-state index contributed by atoms with van der Waals surface area (Å²) in [5.41, 5.74) is 0. The van der Waals surface area contributed by atoms with Gasteiger partial charge in [0.1, 0.15) is 0 Å². The first-order chi connectivity index (χ1) is 5.16. The second-order valence-electron chi connectivity index (χ2n) is 3.72. The summed E-state index contributed by atoms with van der Waals surface area (Å²) < 4.78 is 25.5. The lowest BCUT2D eigenvalue weighted by molar-refractivity contribution is 0.0845. The summed E-state index contributed by atoms with van der Waals surface area (Å²) in [5, 5.41) is 0. The van der Waals surface area contributed by atoms with Crippen LogP contribution < -0.4 is 0 Å². The van der Waals surface area contributed by atoms with Crippen LogP contribution in [-0.4, -0.2) is 11.8 Å². The normalized spacial score (nSPS) is 46.6. The van der Waals surface area contributed by atoms with Gasteiger partial charge in [0.2, 0.25) is 0 Å². The van der Waals surface area contributed by atoms with Gasteiger partial charge in [-0.05, 0) is 25.2 Å². The molecular weight excluding hydrogens is 170 g/mol. The summed E-state index contributed by atoms with van der Waals surface area (Å²) in [5.74, 6) is -2.03. The number of halogens is 3. The van der Waals surface area contributed by atoms with E-state index in [-0.39, 0.29) is 11.8 Å². The first-order valence-corrected chi connectivity index (χ1v) is 4.63. The molecule has 3 unspecified atom stereocenters. The van der Waals surface area contributed by atoms with Crippen molar-refractivity contribution in [3.05, 3.63) is 0 Å². The van der Waals surface area contributed by atoms with E-state index in [1.54, 1.807) is 0 Å². The summed E-state index contributed by atoms with van der Waals surface area (Å²) in [6.07, 6.45) is 2.25. The first kappa shape index (κ1) is 7.78. The highest BCUT2D eigenvalue weighted by atomic mass is 35.5. The molecule has 2 fully saturated rings. The average Bonchev–Trinajstić information content (AvgIpc) is 2.55. The second-order valence-corrected chi connectivity index (χ2v) is 4.03. The topological polar surface area (TPSA) is 0 Å². The molecule has 0 radical (unpaired) electrons. The van der Waals surface area contributed by atoms with Crippen molar-refractivity contribution < 1.29 is 8.78 Å². The number of hydrogen-bond acceptors (Lipinski definition) is 0. The molecule has 2 rings (SSSR count). The van der Waals surface area contributed by atoms with Crippen LogP contribution in [0, 0.1) is 17.8 Å². The van der Waals surface area contributed by atoms with Gasteiger partial charge in [-0.15, -0.1) is 11.6 Å². The molecule has 0 bridgehead atoms. The fourth-order valence-electron chi connectivity index (χ4n) is 2.21. The van der Waals surface area contributed by atoms with Crippen molar-refractivity contribution in [1.29, 1.82) is 0 Å². The van der Waals surface area contributed by atoms with Crippen LogP contribution >= 0.6 is 11.6 Å². The second kappa shape index (κ2) is 2.32. The Kier molecular flexibility index (Phi) is 1.64. The van der Waals surface area contributed by atoms with Crippen molar-refractivity contribution in [3.63, 3.8) is 0 Å². The predicted molar refractivity (Wildman–Crippen MR) is 40.0 cm³/mol. The van der Waals surface area contributed by atoms with Crippen molar-refractivity contribution in [2.45, 2.75) is 25.2 Å². The molecule has 0 nitrogen and oxygen atoms in total. The molecule has 0 aromatic heterocycles. The van der Waals surface area contributed by atoms with E-state index in [0.29, 0.717) is 24.6 Å². The molecule has 2 saturated carbocycles. The van der Waals surface area contributed by atoms with Crippen molar-refractivity contribution >= 4 is 11.6 Å². The Morgan fingerprint density at radius 2 is 2.00 bits per heavy atom. The van der Waals surface area contributed by atoms with Gasteiger partial charge in [-0.25, -0.2) is 8.78 Å². The lowest BCUT2D eigenvalue weighted by Crippen LogP contribution is -2.09. The maximum atomic E-state index is 12.8. The zero-order valence-electron chi connectivity index (χ0n) is 6.19. The fourth-order valence-corrected chi connectivity index (χ4v) is 2.49. The summed E-state index contributed by atoms with van der Waals surface area (Å²) in [6, 6.07) is 0. The maximum Gasteiger partial charge on any atom is 0.254 e. The molecule has 0 N–H and O–H groups in total. The van der Waals surface area contributed by atoms with E-state index in [0.717, 1.165) is 6.42 Å². The standard InChI is InChI=1S/C8H11ClF2/c9-4-5-1-2-6-7(3-5)8(6,10)11/h5-7H,1-4H2. The predicted octanol–water partition coefficient (Wildman–Crippen LogP) is 2.91. The van der Waals surface area contributed by atoms with Crippen molar-refractivity contribution in [3.8, 4) is 0 Å². The lowest BCUT2D eigenvalue weighted by atomic mass is 9.91. The Labute approximate surface area is 69.9 Å². The van der Waals surface area contributed by atoms with Crippen molar-refractivity contribution in [2.75, 3.05) is 5.88 Å². The minimum absolute atomic E-state index is 0.290. The highest BCUT2D eigenvalue weighted by Gasteiger charge is 2.68. The van der Waals surface area contributed by atoms with Gasteiger partial charge in [0, 0.05) is 17.7 Å². The third-order valence-electron chi connectivity index (χ3n) is 3.06. The molecule has 0 saturated heterocycles. The number of hydrogen-bond donors (Lipinski definition) is 0. The third-order valence-corrected chi connectivity index (χ3v) is 3.49. The van der Waals surface area contributed by atoms with Crippen molar-refractivity contribution in [2.24, 2.45) is 17.8 Å². The van der Waals surface area contributed by atoms with Gasteiger partial charge in [0.25, 0.3) is 5.92 Å². The number of rotatable bonds is 1. The van der Waals surface area contributed by atoms with Gasteiger partial charge in [-0.3, -0.25) is 0 Å². The quantitative estimate of drug-likeness (QED) is 0.545. The third kappa shape index (κ3) is 1.07. The van der Waals surface area contributed by atoms with E-state index in [2.05, 4.69) is 0 Å². The molecule has 0 aromatic carbocycles. The van der Waals surface area contributed by atoms with Crippen molar-refractivity contribution in [1.82, 2.24) is 0 Å². The molecule has 3 heteroatoms. The number of alkyl halides is 3. The summed E-state index contributed by atoms with van der Waals surface area (Å²) in [7, 11) is 0. The Hall–Kier alpha value is 0.150. The van der Waals surface area contributed by atoms with E-state index in [4.69, 9.17) is 11.6 Å². The van der Waals surface area contributed by atoms with Crippen LogP contribution in [0.5, 0.6) is 0 Å². The van der Waals surface area contributed by atoms with Crippen LogP contribution in [0.25, 0.3) is 0 Å². The van der Waals surface area contributed by atoms with Crippen LogP contribution in [0.2, 0.25) is 0 Å². The monoisotopic (exact) mass is 180 g/mol. The minimum Gasteiger partial charge on any atom is -0.206 e. The largest absolute Gasteiger partial charge is 0.254 e. The van der Waals surface area contributed by atoms with Gasteiger partial charge >= 0.3 is 0 Å². The molecule has 0 amide bonds. The van der Waals surface area contributed by atoms with E-state index in [1.807, 2.05) is 0 Å². The van der Waals surface area contributed by atoms with E-state index < -0.39 is 5.92 Å². The SMILES string of the molecule is FC1(F)C2CCC(CCl)CC21. The molecule has 3 atom stereocenters. The van der Waals surface area contributed by atoms with Gasteiger partial charge < -0.3 is 0 Å². The Morgan fingerprint density at radius 3 is 2.55 bits per heavy atom. The molecule has 2 aliphatic rings. The molecule has 0 aliphatic heterocycles. The molecule has 11 heavy (non-hydrogen) atoms. The highest BCUT2D eigenvalue weighted by molar-refractivity contribution is 6.18. The zero-order chi connectivity index (χ0) is 8.06. The molecule has 0 heterocycles. The first-order valence-electron chi connectivity index (χ1n) is 4.10. The zero-order valence-corrected chi connectivity index (χ0v) is 6.95. The van der Waals surface area contributed by atoms with E-state index in [1.165, 1.54) is 0 Å². The Balaban J connectivity index is 1.97. The molecule has 0 spiro atoms. The van der Waals surface area contributed by atoms with Gasteiger partial charge in [-0.1, -0.05) is 0 Å². The Morgan fingerprint density at radius 1 is 1.27 bits per heavy atom. The summed E-state index contributed by atoms with van der Waals surface area (Å²) in [6.45, 7) is 0. The van der Waals surface area contributed by atoms with Gasteiger partial charge in [-0.2, -0.15) is 0 Å². The lowest BCUT2D eigenvalue weighted by Gasteiger charge is -2.16. The fraction of sp³-hybridized carbons (Fsp3) is 1.00. The van der Waals surface area contributed by atoms with Gasteiger partial charge in [0.15, 0.2) is 0 Å². The van der Waals surface area contributed by atoms with E-state index >= 15 is 0 Å². The molecule has 2 aliphatic carbocycles. The Bertz CT molecular complexity index is 169. The maximum absolute atomic E-state index is 12.8. The molecule has 64 valence electrons. The van der Waals surface area contributed by atoms with Crippen LogP contribution in [0.3, 0.4) is 0 Å². The average molecular weight is 181 g/mol. The van der Waals surface area contributed by atoms with Crippen LogP contribution in [-0.2, 0) is 0 Å². The van der Waals surface area contributed by atoms with Crippen LogP contribution in [0.15, 0.2) is 0 Å². The minimum atomic E-state index is -2.33. The van der Waals surface area contributed by atoms with Gasteiger partial charge in [0.05, 0.1) is 0 Å². The highest BCUT2D eigenvalue weighted by Crippen LogP contribution is 2.63. The number of fused-ring (bicyclic) bond motifs is 1. The smallest absolute Gasteiger partial charge is 0.206 e. The summed E-state index contributed by atoms with van der Waals surface area (Å²) in [4.78, 5) is 0. The van der Waals surface area contributed by atoms with Crippen LogP contribution in [0.4, 0.5) is 8.78 Å². The molecule has 0 aromatic rings. The molecular formula is C8H11ClF2. The van der Waals surface area contributed by atoms with Crippen LogP contribution in [0.1, 0.15) is 19.3 Å². The van der Waals surface area contributed by atoms with E-state index in [9.17, 15) is 8.78 Å².